The second kappa shape index (κ2) is 7.16. The molecule has 1 fully saturated rings. The van der Waals surface area contributed by atoms with Crippen LogP contribution in [-0.4, -0.2) is 38.6 Å². The quantitative estimate of drug-likeness (QED) is 0.504. The molecule has 6 nitrogen and oxygen atoms in total. The Balaban J connectivity index is 1.52. The number of aryl methyl sites for hydroxylation is 1. The number of anilines is 1. The molecular formula is C23H19F2N5O. The Hall–Kier alpha value is -3.81. The molecule has 0 saturated carbocycles. The molecule has 156 valence electrons. The second-order valence-electron chi connectivity index (χ2n) is 7.62. The molecule has 0 atom stereocenters. The van der Waals surface area contributed by atoms with E-state index in [1.165, 1.54) is 6.07 Å². The summed E-state index contributed by atoms with van der Waals surface area (Å²) in [5, 5.41) is 8.92. The van der Waals surface area contributed by atoms with Crippen molar-refractivity contribution < 1.29 is 8.78 Å². The van der Waals surface area contributed by atoms with Crippen LogP contribution in [0.3, 0.4) is 0 Å². The highest BCUT2D eigenvalue weighted by molar-refractivity contribution is 5.59. The number of alkyl halides is 2. The van der Waals surface area contributed by atoms with Crippen LogP contribution in [0, 0.1) is 6.92 Å². The summed E-state index contributed by atoms with van der Waals surface area (Å²) in [5.74, 6) is -2.62. The maximum atomic E-state index is 13.2. The zero-order valence-electron chi connectivity index (χ0n) is 16.7. The number of rotatable bonds is 4. The van der Waals surface area contributed by atoms with E-state index >= 15 is 0 Å². The van der Waals surface area contributed by atoms with Gasteiger partial charge < -0.3 is 4.90 Å². The minimum Gasteiger partial charge on any atom is -0.359 e. The molecule has 1 saturated heterocycles. The van der Waals surface area contributed by atoms with Gasteiger partial charge in [-0.15, -0.1) is 0 Å². The Morgan fingerprint density at radius 3 is 2.45 bits per heavy atom. The summed E-state index contributed by atoms with van der Waals surface area (Å²) in [5.41, 5.74) is 3.85. The van der Waals surface area contributed by atoms with Gasteiger partial charge in [-0.25, -0.2) is 18.1 Å². The van der Waals surface area contributed by atoms with Crippen LogP contribution in [0.1, 0.15) is 5.56 Å². The fraction of sp³-hybridized carbons (Fsp3) is 0.174. The van der Waals surface area contributed by atoms with E-state index in [-0.39, 0.29) is 24.2 Å². The fourth-order valence-corrected chi connectivity index (χ4v) is 3.76. The lowest BCUT2D eigenvalue weighted by Crippen LogP contribution is -2.56. The van der Waals surface area contributed by atoms with Crippen LogP contribution in [0.4, 0.5) is 14.5 Å². The number of hydrogen-bond donors (Lipinski definition) is 0. The van der Waals surface area contributed by atoms with E-state index in [0.29, 0.717) is 5.69 Å². The van der Waals surface area contributed by atoms with Gasteiger partial charge in [-0.1, -0.05) is 18.2 Å². The molecule has 0 spiro atoms. The third-order valence-electron chi connectivity index (χ3n) is 5.33. The lowest BCUT2D eigenvalue weighted by atomic mass is 10.1. The number of hydrogen-bond acceptors (Lipinski definition) is 4. The van der Waals surface area contributed by atoms with Crippen molar-refractivity contribution in [2.75, 3.05) is 18.0 Å². The topological polar surface area (TPSA) is 56.0 Å². The SMILES string of the molecule is Cc1cc(N2CC(F)(F)C2)ccc1-n1ccc(=O)c(-c2ccnn2-c2ccccc2)n1. The minimum absolute atomic E-state index is 0.217. The summed E-state index contributed by atoms with van der Waals surface area (Å²) in [4.78, 5) is 14.3. The first-order valence-corrected chi connectivity index (χ1v) is 9.85. The molecule has 0 aliphatic carbocycles. The molecule has 0 bridgehead atoms. The fourth-order valence-electron chi connectivity index (χ4n) is 3.76. The Bertz CT molecular complexity index is 1310. The predicted molar refractivity (Wildman–Crippen MR) is 114 cm³/mol. The molecule has 2 aromatic carbocycles. The summed E-state index contributed by atoms with van der Waals surface area (Å²) in [6.07, 6.45) is 3.23. The molecule has 3 heterocycles. The van der Waals surface area contributed by atoms with Gasteiger partial charge in [0, 0.05) is 18.0 Å². The average molecular weight is 419 g/mol. The van der Waals surface area contributed by atoms with Gasteiger partial charge in [0.15, 0.2) is 5.69 Å². The van der Waals surface area contributed by atoms with Crippen LogP contribution >= 0.6 is 0 Å². The first kappa shape index (κ1) is 19.2. The molecule has 0 radical (unpaired) electrons. The van der Waals surface area contributed by atoms with Crippen molar-refractivity contribution >= 4 is 5.69 Å². The highest BCUT2D eigenvalue weighted by Gasteiger charge is 2.43. The molecule has 0 amide bonds. The molecule has 1 aliphatic rings. The molecule has 1 aliphatic heterocycles. The number of benzene rings is 2. The molecule has 0 unspecified atom stereocenters. The molecular weight excluding hydrogens is 400 g/mol. The van der Waals surface area contributed by atoms with Crippen molar-refractivity contribution in [2.24, 2.45) is 0 Å². The third-order valence-corrected chi connectivity index (χ3v) is 5.33. The van der Waals surface area contributed by atoms with Crippen molar-refractivity contribution in [1.29, 1.82) is 0 Å². The van der Waals surface area contributed by atoms with E-state index in [1.807, 2.05) is 49.4 Å². The first-order chi connectivity index (χ1) is 14.9. The van der Waals surface area contributed by atoms with Crippen molar-refractivity contribution in [3.8, 4) is 22.8 Å². The van der Waals surface area contributed by atoms with Gasteiger partial charge in [0.1, 0.15) is 0 Å². The zero-order chi connectivity index (χ0) is 21.6. The second-order valence-corrected chi connectivity index (χ2v) is 7.62. The number of para-hydroxylation sites is 1. The van der Waals surface area contributed by atoms with Crippen molar-refractivity contribution in [1.82, 2.24) is 19.6 Å². The third kappa shape index (κ3) is 3.50. The van der Waals surface area contributed by atoms with Crippen LogP contribution in [-0.2, 0) is 0 Å². The monoisotopic (exact) mass is 419 g/mol. The molecule has 31 heavy (non-hydrogen) atoms. The van der Waals surface area contributed by atoms with Gasteiger partial charge in [0.05, 0.1) is 36.4 Å². The van der Waals surface area contributed by atoms with E-state index < -0.39 is 5.92 Å². The Labute approximate surface area is 177 Å². The van der Waals surface area contributed by atoms with Crippen LogP contribution in [0.5, 0.6) is 0 Å². The zero-order valence-corrected chi connectivity index (χ0v) is 16.7. The van der Waals surface area contributed by atoms with Crippen LogP contribution < -0.4 is 10.3 Å². The van der Waals surface area contributed by atoms with Gasteiger partial charge in [-0.05, 0) is 48.9 Å². The van der Waals surface area contributed by atoms with Crippen LogP contribution in [0.2, 0.25) is 0 Å². The number of halogens is 2. The standard InChI is InChI=1S/C23H19F2N5O/c1-16-13-18(28-14-23(24,25)15-28)7-8-19(16)29-12-10-21(31)22(27-29)20-9-11-26-30(20)17-5-3-2-4-6-17/h2-13H,14-15H2,1H3. The summed E-state index contributed by atoms with van der Waals surface area (Å²) in [7, 11) is 0. The van der Waals surface area contributed by atoms with Gasteiger partial charge in [-0.3, -0.25) is 4.79 Å². The maximum absolute atomic E-state index is 13.2. The Kier molecular flexibility index (Phi) is 4.43. The average Bonchev–Trinajstić information content (AvgIpc) is 3.23. The summed E-state index contributed by atoms with van der Waals surface area (Å²) < 4.78 is 29.7. The van der Waals surface area contributed by atoms with Crippen molar-refractivity contribution in [3.63, 3.8) is 0 Å². The highest BCUT2D eigenvalue weighted by Crippen LogP contribution is 2.33. The molecule has 4 aromatic rings. The van der Waals surface area contributed by atoms with Crippen molar-refractivity contribution in [2.45, 2.75) is 12.8 Å². The Morgan fingerprint density at radius 2 is 1.74 bits per heavy atom. The number of aromatic nitrogens is 4. The van der Waals surface area contributed by atoms with E-state index in [9.17, 15) is 13.6 Å². The van der Waals surface area contributed by atoms with Crippen LogP contribution in [0.25, 0.3) is 22.8 Å². The Morgan fingerprint density at radius 1 is 0.968 bits per heavy atom. The molecule has 8 heteroatoms. The van der Waals surface area contributed by atoms with E-state index in [2.05, 4.69) is 10.2 Å². The normalized spacial score (nSPS) is 15.0. The maximum Gasteiger partial charge on any atom is 0.282 e. The van der Waals surface area contributed by atoms with Gasteiger partial charge in [0.2, 0.25) is 5.43 Å². The van der Waals surface area contributed by atoms with E-state index in [0.717, 1.165) is 22.6 Å². The minimum atomic E-state index is -2.62. The lowest BCUT2D eigenvalue weighted by molar-refractivity contribution is -0.0262. The predicted octanol–water partition coefficient (Wildman–Crippen LogP) is 3.85. The number of nitrogens with zero attached hydrogens (tertiary/aromatic N) is 5. The largest absolute Gasteiger partial charge is 0.359 e. The first-order valence-electron chi connectivity index (χ1n) is 9.85. The molecule has 5 rings (SSSR count). The summed E-state index contributed by atoms with van der Waals surface area (Å²) in [6.45, 7) is 1.36. The van der Waals surface area contributed by atoms with Gasteiger partial charge in [-0.2, -0.15) is 10.2 Å². The van der Waals surface area contributed by atoms with Crippen molar-refractivity contribution in [3.05, 3.63) is 88.8 Å². The van der Waals surface area contributed by atoms with Gasteiger partial charge in [0.25, 0.3) is 5.92 Å². The molecule has 0 N–H and O–H groups in total. The summed E-state index contributed by atoms with van der Waals surface area (Å²) >= 11 is 0. The molecule has 2 aromatic heterocycles. The lowest BCUT2D eigenvalue weighted by Gasteiger charge is -2.40. The van der Waals surface area contributed by atoms with Crippen LogP contribution in [0.15, 0.2) is 77.9 Å². The van der Waals surface area contributed by atoms with E-state index in [4.69, 9.17) is 0 Å². The summed E-state index contributed by atoms with van der Waals surface area (Å²) in [6, 6.07) is 18.2. The van der Waals surface area contributed by atoms with E-state index in [1.54, 1.807) is 38.8 Å². The highest BCUT2D eigenvalue weighted by atomic mass is 19.3. The smallest absolute Gasteiger partial charge is 0.282 e. The van der Waals surface area contributed by atoms with Gasteiger partial charge >= 0.3 is 0 Å².